The first-order valence-electron chi connectivity index (χ1n) is 5.78. The van der Waals surface area contributed by atoms with Crippen molar-refractivity contribution in [2.24, 2.45) is 0 Å². The summed E-state index contributed by atoms with van der Waals surface area (Å²) in [6, 6.07) is 0. The molecule has 0 unspecified atom stereocenters. The third-order valence-corrected chi connectivity index (χ3v) is 4.87. The smallest absolute Gasteiger partial charge is 0.355 e. The Hall–Kier alpha value is 1.16. The topological polar surface area (TPSA) is 18.5 Å². The van der Waals surface area contributed by atoms with Crippen LogP contribution in [0, 0.1) is 0 Å². The molecule has 0 aromatic heterocycles. The first kappa shape index (κ1) is 16.2. The Labute approximate surface area is 113 Å². The lowest BCUT2D eigenvalue weighted by Crippen LogP contribution is -2.02. The van der Waals surface area contributed by atoms with Crippen molar-refractivity contribution in [2.75, 3.05) is 20.0 Å². The first-order valence-corrected chi connectivity index (χ1v) is 11.9. The van der Waals surface area contributed by atoms with Gasteiger partial charge in [-0.15, -0.1) is 4.55 Å². The van der Waals surface area contributed by atoms with Gasteiger partial charge in [0, 0.05) is 6.61 Å². The first-order chi connectivity index (χ1) is 7.41. The molecule has 0 spiro atoms. The second-order valence-electron chi connectivity index (χ2n) is 3.38. The summed E-state index contributed by atoms with van der Waals surface area (Å²) in [5.74, 6) is 0. The third-order valence-electron chi connectivity index (χ3n) is 1.91. The van der Waals surface area contributed by atoms with E-state index in [1.807, 2.05) is 0 Å². The van der Waals surface area contributed by atoms with Crippen LogP contribution in [0.2, 0.25) is 4.55 Å². The Balaban J connectivity index is 2.95. The quantitative estimate of drug-likeness (QED) is 0.189. The van der Waals surface area contributed by atoms with Crippen LogP contribution in [0.4, 0.5) is 0 Å². The van der Waals surface area contributed by atoms with Gasteiger partial charge in [0.2, 0.25) is 0 Å². The zero-order valence-electron chi connectivity index (χ0n) is 9.71. The van der Waals surface area contributed by atoms with Gasteiger partial charge in [0.15, 0.2) is 0 Å². The van der Waals surface area contributed by atoms with Crippen LogP contribution in [0.5, 0.6) is 0 Å². The van der Waals surface area contributed by atoms with E-state index in [-0.39, 0.29) is 16.5 Å². The van der Waals surface area contributed by atoms with E-state index in [9.17, 15) is 0 Å². The predicted molar refractivity (Wildman–Crippen MR) is 74.6 cm³/mol. The number of ether oxygens (including phenoxy) is 2. The minimum atomic E-state index is 0.226. The van der Waals surface area contributed by atoms with Crippen molar-refractivity contribution in [3.05, 3.63) is 12.2 Å². The third kappa shape index (κ3) is 15.2. The van der Waals surface area contributed by atoms with Crippen LogP contribution >= 0.6 is 18.9 Å². The van der Waals surface area contributed by atoms with Crippen LogP contribution in [-0.2, 0) is 9.47 Å². The van der Waals surface area contributed by atoms with Crippen molar-refractivity contribution in [2.45, 2.75) is 37.2 Å². The molecule has 0 amide bonds. The highest BCUT2D eigenvalue weighted by Gasteiger charge is 1.88. The second kappa shape index (κ2) is 15.2. The molecule has 0 bridgehead atoms. The van der Waals surface area contributed by atoms with Gasteiger partial charge in [0.25, 0.3) is 0 Å². The number of allylic oxidation sites excluding steroid dienone is 1. The maximum Gasteiger partial charge on any atom is 0.464 e. The maximum atomic E-state index is 5.32. The summed E-state index contributed by atoms with van der Waals surface area (Å²) in [5, 5.41) is 0. The molecule has 4 heteroatoms. The molecular formula is C11H21IMgO2. The Bertz CT molecular complexity index is 143. The summed E-state index contributed by atoms with van der Waals surface area (Å²) >= 11 is 2.77. The average Bonchev–Trinajstić information content (AvgIpc) is 2.26. The monoisotopic (exact) mass is 336 g/mol. The lowest BCUT2D eigenvalue weighted by molar-refractivity contribution is -0.0528. The molecule has 0 fully saturated rings. The van der Waals surface area contributed by atoms with E-state index in [4.69, 9.17) is 9.47 Å². The fraction of sp³-hybridized carbons (Fsp3) is 0.818. The molecule has 0 aromatic rings. The summed E-state index contributed by atoms with van der Waals surface area (Å²) in [7, 11) is 0. The molecule has 0 aliphatic carbocycles. The molecule has 0 atom stereocenters. The zero-order chi connectivity index (χ0) is 11.2. The highest BCUT2D eigenvalue weighted by atomic mass is 127. The summed E-state index contributed by atoms with van der Waals surface area (Å²) in [6.45, 7) is 4.22. The minimum Gasteiger partial charge on any atom is -0.355 e. The van der Waals surface area contributed by atoms with Gasteiger partial charge >= 0.3 is 16.5 Å². The number of halogens is 1. The molecule has 2 nitrogen and oxygen atoms in total. The normalized spacial score (nSPS) is 10.8. The SMILES string of the molecule is CCCCOCOCC/C=C/C[CH2][Mg][I]. The summed E-state index contributed by atoms with van der Waals surface area (Å²) in [4.78, 5) is 0. The van der Waals surface area contributed by atoms with Crippen LogP contribution in [0.15, 0.2) is 12.2 Å². The molecule has 0 heterocycles. The second-order valence-corrected chi connectivity index (χ2v) is 7.70. The Morgan fingerprint density at radius 1 is 1.13 bits per heavy atom. The maximum absolute atomic E-state index is 5.32. The van der Waals surface area contributed by atoms with E-state index in [2.05, 4.69) is 37.9 Å². The van der Waals surface area contributed by atoms with Crippen molar-refractivity contribution < 1.29 is 9.47 Å². The number of hydrogen-bond acceptors (Lipinski definition) is 2. The van der Waals surface area contributed by atoms with Crippen molar-refractivity contribution >= 4 is 35.3 Å². The Morgan fingerprint density at radius 3 is 2.60 bits per heavy atom. The Kier molecular flexibility index (Phi) is 16.3. The molecule has 0 saturated heterocycles. The van der Waals surface area contributed by atoms with Gasteiger partial charge in [-0.1, -0.05) is 31.9 Å². The molecular weight excluding hydrogens is 315 g/mol. The number of hydrogen-bond donors (Lipinski definition) is 0. The molecule has 0 aliphatic rings. The van der Waals surface area contributed by atoms with Crippen LogP contribution in [-0.4, -0.2) is 36.5 Å². The molecule has 0 aliphatic heterocycles. The van der Waals surface area contributed by atoms with E-state index in [1.54, 1.807) is 0 Å². The van der Waals surface area contributed by atoms with Crippen LogP contribution in [0.1, 0.15) is 32.6 Å². The van der Waals surface area contributed by atoms with Gasteiger partial charge < -0.3 is 28.3 Å². The minimum absolute atomic E-state index is 0.226. The molecule has 0 radical (unpaired) electrons. The summed E-state index contributed by atoms with van der Waals surface area (Å²) in [6.07, 6.45) is 9.06. The summed E-state index contributed by atoms with van der Waals surface area (Å²) in [5.41, 5.74) is 0. The van der Waals surface area contributed by atoms with Crippen LogP contribution < -0.4 is 0 Å². The van der Waals surface area contributed by atoms with Gasteiger partial charge in [-0.05, 0) is 12.8 Å². The van der Waals surface area contributed by atoms with E-state index in [0.717, 1.165) is 26.1 Å². The number of rotatable bonds is 11. The van der Waals surface area contributed by atoms with Gasteiger partial charge in [0.1, 0.15) is 6.79 Å². The fourth-order valence-electron chi connectivity index (χ4n) is 1.01. The average molecular weight is 336 g/mol. The highest BCUT2D eigenvalue weighted by Crippen LogP contribution is 1.96. The van der Waals surface area contributed by atoms with Crippen LogP contribution in [0.25, 0.3) is 0 Å². The summed E-state index contributed by atoms with van der Waals surface area (Å²) < 4.78 is 12.0. The molecule has 15 heavy (non-hydrogen) atoms. The van der Waals surface area contributed by atoms with Gasteiger partial charge in [0.05, 0.1) is 6.61 Å². The molecule has 0 saturated carbocycles. The van der Waals surface area contributed by atoms with Gasteiger partial charge in [-0.3, -0.25) is 0 Å². The molecule has 0 N–H and O–H groups in total. The van der Waals surface area contributed by atoms with E-state index in [0.29, 0.717) is 6.79 Å². The van der Waals surface area contributed by atoms with Crippen molar-refractivity contribution in [3.8, 4) is 0 Å². The van der Waals surface area contributed by atoms with Crippen molar-refractivity contribution in [1.29, 1.82) is 0 Å². The lowest BCUT2D eigenvalue weighted by Gasteiger charge is -2.03. The highest BCUT2D eigenvalue weighted by molar-refractivity contribution is 14.1. The zero-order valence-corrected chi connectivity index (χ0v) is 13.3. The Morgan fingerprint density at radius 2 is 1.87 bits per heavy atom. The molecule has 0 aromatic carbocycles. The fourth-order valence-corrected chi connectivity index (χ4v) is 2.72. The standard InChI is InChI=1S/C11H21O2.HI.Mg/c1-3-5-7-8-10-13-11-12-9-6-4-2;;/h5,7H,1,3-4,6,8-11H2,2H3;1H;/q;;+1/p-1/b7-5+;;. The predicted octanol–water partition coefficient (Wildman–Crippen LogP) is 3.59. The number of unbranched alkanes of at least 4 members (excludes halogenated alkanes) is 1. The van der Waals surface area contributed by atoms with Crippen molar-refractivity contribution in [1.82, 2.24) is 0 Å². The van der Waals surface area contributed by atoms with Gasteiger partial charge in [-0.25, -0.2) is 0 Å². The van der Waals surface area contributed by atoms with Gasteiger partial charge in [-0.2, -0.15) is 0 Å². The van der Waals surface area contributed by atoms with E-state index < -0.39 is 0 Å². The molecule has 86 valence electrons. The lowest BCUT2D eigenvalue weighted by atomic mass is 10.3. The largest absolute Gasteiger partial charge is 0.464 e. The van der Waals surface area contributed by atoms with Crippen LogP contribution in [0.3, 0.4) is 0 Å². The van der Waals surface area contributed by atoms with E-state index in [1.165, 1.54) is 17.4 Å². The van der Waals surface area contributed by atoms with E-state index >= 15 is 0 Å². The van der Waals surface area contributed by atoms with Crippen molar-refractivity contribution in [3.63, 3.8) is 0 Å². The molecule has 0 rings (SSSR count).